The molecule has 1 N–H and O–H groups in total. The number of likely N-dealkylation sites (tertiary alicyclic amines) is 1. The lowest BCUT2D eigenvalue weighted by Gasteiger charge is -2.27. The van der Waals surface area contributed by atoms with Crippen molar-refractivity contribution in [2.45, 2.75) is 51.6 Å². The minimum Gasteiger partial charge on any atom is -0.466 e. The molecule has 0 aromatic carbocycles. The maximum Gasteiger partial charge on any atom is 0.318 e. The summed E-state index contributed by atoms with van der Waals surface area (Å²) in [5.74, 6) is 1.91. The number of rotatable bonds is 5. The van der Waals surface area contributed by atoms with E-state index < -0.39 is 0 Å². The standard InChI is InChI=1S/C19H25N3O2/c1-14(5-7-17-8-6-15(2)24-17)21-19(23)22-13-3-4-18(22)16-9-11-20-12-10-16/h6,8-12,14,18H,3-5,7,13H2,1-2H3,(H,21,23)/t14-,18+/m0/s1. The maximum atomic E-state index is 12.6. The predicted octanol–water partition coefficient (Wildman–Crippen LogP) is 3.85. The molecule has 1 aliphatic rings. The van der Waals surface area contributed by atoms with Crippen molar-refractivity contribution in [2.24, 2.45) is 0 Å². The molecule has 3 heterocycles. The van der Waals surface area contributed by atoms with Crippen molar-refractivity contribution in [1.82, 2.24) is 15.2 Å². The summed E-state index contributed by atoms with van der Waals surface area (Å²) in [4.78, 5) is 18.6. The Labute approximate surface area is 143 Å². The van der Waals surface area contributed by atoms with Crippen LogP contribution < -0.4 is 5.32 Å². The van der Waals surface area contributed by atoms with Gasteiger partial charge in [0, 0.05) is 31.4 Å². The van der Waals surface area contributed by atoms with Gasteiger partial charge in [-0.05, 0) is 62.9 Å². The van der Waals surface area contributed by atoms with Crippen LogP contribution in [0.2, 0.25) is 0 Å². The second-order valence-electron chi connectivity index (χ2n) is 6.53. The molecule has 2 atom stereocenters. The van der Waals surface area contributed by atoms with E-state index >= 15 is 0 Å². The normalized spacial score (nSPS) is 18.6. The van der Waals surface area contributed by atoms with Crippen molar-refractivity contribution in [2.75, 3.05) is 6.54 Å². The van der Waals surface area contributed by atoms with E-state index in [1.807, 2.05) is 43.0 Å². The van der Waals surface area contributed by atoms with Crippen LogP contribution in [0, 0.1) is 6.92 Å². The lowest BCUT2D eigenvalue weighted by Crippen LogP contribution is -2.43. The van der Waals surface area contributed by atoms with Crippen molar-refractivity contribution < 1.29 is 9.21 Å². The number of aryl methyl sites for hydroxylation is 2. The number of aromatic nitrogens is 1. The number of nitrogens with zero attached hydrogens (tertiary/aromatic N) is 2. The molecular weight excluding hydrogens is 302 g/mol. The first-order chi connectivity index (χ1) is 11.6. The number of carbonyl (C=O) groups excluding carboxylic acids is 1. The molecule has 0 unspecified atom stereocenters. The summed E-state index contributed by atoms with van der Waals surface area (Å²) in [5.41, 5.74) is 1.16. The largest absolute Gasteiger partial charge is 0.466 e. The summed E-state index contributed by atoms with van der Waals surface area (Å²) in [6.45, 7) is 4.80. The molecular formula is C19H25N3O2. The van der Waals surface area contributed by atoms with E-state index in [0.717, 1.165) is 49.3 Å². The number of amides is 2. The smallest absolute Gasteiger partial charge is 0.318 e. The van der Waals surface area contributed by atoms with Crippen molar-refractivity contribution in [3.63, 3.8) is 0 Å². The van der Waals surface area contributed by atoms with Gasteiger partial charge < -0.3 is 14.6 Å². The van der Waals surface area contributed by atoms with Crippen LogP contribution >= 0.6 is 0 Å². The number of furan rings is 1. The molecule has 24 heavy (non-hydrogen) atoms. The van der Waals surface area contributed by atoms with Crippen molar-refractivity contribution in [1.29, 1.82) is 0 Å². The highest BCUT2D eigenvalue weighted by atomic mass is 16.3. The number of hydrogen-bond donors (Lipinski definition) is 1. The summed E-state index contributed by atoms with van der Waals surface area (Å²) >= 11 is 0. The van der Waals surface area contributed by atoms with Gasteiger partial charge in [-0.15, -0.1) is 0 Å². The van der Waals surface area contributed by atoms with Gasteiger partial charge in [0.05, 0.1) is 6.04 Å². The van der Waals surface area contributed by atoms with Gasteiger partial charge in [0.15, 0.2) is 0 Å². The molecule has 5 heteroatoms. The first-order valence-corrected chi connectivity index (χ1v) is 8.66. The minimum atomic E-state index is 0.0254. The first-order valence-electron chi connectivity index (χ1n) is 8.66. The van der Waals surface area contributed by atoms with Gasteiger partial charge in [0.2, 0.25) is 0 Å². The highest BCUT2D eigenvalue weighted by molar-refractivity contribution is 5.75. The molecule has 1 fully saturated rings. The molecule has 0 radical (unpaired) electrons. The molecule has 0 aliphatic carbocycles. The SMILES string of the molecule is Cc1ccc(CC[C@H](C)NC(=O)N2CCC[C@@H]2c2ccncc2)o1. The molecule has 2 aromatic rings. The van der Waals surface area contributed by atoms with Crippen LogP contribution in [0.15, 0.2) is 41.1 Å². The Hall–Kier alpha value is -2.30. The Morgan fingerprint density at radius 3 is 2.88 bits per heavy atom. The summed E-state index contributed by atoms with van der Waals surface area (Å²) in [7, 11) is 0. The van der Waals surface area contributed by atoms with Crippen LogP contribution in [0.4, 0.5) is 4.79 Å². The van der Waals surface area contributed by atoms with Crippen LogP contribution in [0.5, 0.6) is 0 Å². The Bertz CT molecular complexity index is 668. The zero-order chi connectivity index (χ0) is 16.9. The average molecular weight is 327 g/mol. The Morgan fingerprint density at radius 2 is 2.17 bits per heavy atom. The molecule has 0 spiro atoms. The van der Waals surface area contributed by atoms with E-state index in [1.54, 1.807) is 12.4 Å². The highest BCUT2D eigenvalue weighted by Crippen LogP contribution is 2.31. The first kappa shape index (κ1) is 16.6. The summed E-state index contributed by atoms with van der Waals surface area (Å²) in [5, 5.41) is 3.13. The third-order valence-corrected chi connectivity index (χ3v) is 4.59. The van der Waals surface area contributed by atoms with Crippen molar-refractivity contribution >= 4 is 6.03 Å². The van der Waals surface area contributed by atoms with Crippen LogP contribution in [0.3, 0.4) is 0 Å². The van der Waals surface area contributed by atoms with E-state index in [1.165, 1.54) is 0 Å². The van der Waals surface area contributed by atoms with Gasteiger partial charge in [-0.3, -0.25) is 4.98 Å². The third kappa shape index (κ3) is 3.96. The fourth-order valence-electron chi connectivity index (χ4n) is 3.29. The Kier molecular flexibility index (Phi) is 5.18. The monoisotopic (exact) mass is 327 g/mol. The quantitative estimate of drug-likeness (QED) is 0.907. The molecule has 2 aromatic heterocycles. The number of carbonyl (C=O) groups is 1. The summed E-state index contributed by atoms with van der Waals surface area (Å²) in [6.07, 6.45) is 7.34. The maximum absolute atomic E-state index is 12.6. The van der Waals surface area contributed by atoms with Crippen LogP contribution in [0.25, 0.3) is 0 Å². The van der Waals surface area contributed by atoms with E-state index in [-0.39, 0.29) is 18.1 Å². The van der Waals surface area contributed by atoms with E-state index in [4.69, 9.17) is 4.42 Å². The second-order valence-corrected chi connectivity index (χ2v) is 6.53. The van der Waals surface area contributed by atoms with Crippen molar-refractivity contribution in [3.8, 4) is 0 Å². The van der Waals surface area contributed by atoms with Gasteiger partial charge in [-0.25, -0.2) is 4.79 Å². The number of urea groups is 1. The number of nitrogens with one attached hydrogen (secondary N) is 1. The minimum absolute atomic E-state index is 0.0254. The molecule has 3 rings (SSSR count). The van der Waals surface area contributed by atoms with Gasteiger partial charge >= 0.3 is 6.03 Å². The molecule has 2 amide bonds. The lowest BCUT2D eigenvalue weighted by atomic mass is 10.1. The molecule has 5 nitrogen and oxygen atoms in total. The van der Waals surface area contributed by atoms with E-state index in [9.17, 15) is 4.79 Å². The summed E-state index contributed by atoms with van der Waals surface area (Å²) < 4.78 is 5.58. The van der Waals surface area contributed by atoms with E-state index in [2.05, 4.69) is 10.3 Å². The topological polar surface area (TPSA) is 58.4 Å². The average Bonchev–Trinajstić information content (AvgIpc) is 3.22. The third-order valence-electron chi connectivity index (χ3n) is 4.59. The van der Waals surface area contributed by atoms with Crippen LogP contribution in [-0.2, 0) is 6.42 Å². The molecule has 1 saturated heterocycles. The Balaban J connectivity index is 1.53. The number of pyridine rings is 1. The fraction of sp³-hybridized carbons (Fsp3) is 0.474. The molecule has 128 valence electrons. The zero-order valence-electron chi connectivity index (χ0n) is 14.4. The zero-order valence-corrected chi connectivity index (χ0v) is 14.4. The van der Waals surface area contributed by atoms with Crippen molar-refractivity contribution in [3.05, 3.63) is 53.7 Å². The van der Waals surface area contributed by atoms with Crippen LogP contribution in [-0.4, -0.2) is 28.5 Å². The van der Waals surface area contributed by atoms with Gasteiger partial charge in [0.25, 0.3) is 0 Å². The van der Waals surface area contributed by atoms with Crippen LogP contribution in [0.1, 0.15) is 49.3 Å². The lowest BCUT2D eigenvalue weighted by molar-refractivity contribution is 0.189. The number of hydrogen-bond acceptors (Lipinski definition) is 3. The molecule has 0 bridgehead atoms. The van der Waals surface area contributed by atoms with Gasteiger partial charge in [-0.2, -0.15) is 0 Å². The molecule has 1 aliphatic heterocycles. The van der Waals surface area contributed by atoms with Gasteiger partial charge in [0.1, 0.15) is 11.5 Å². The molecule has 0 saturated carbocycles. The van der Waals surface area contributed by atoms with Gasteiger partial charge in [-0.1, -0.05) is 0 Å². The summed E-state index contributed by atoms with van der Waals surface area (Å²) in [6, 6.07) is 8.27. The fourth-order valence-corrected chi connectivity index (χ4v) is 3.29. The highest BCUT2D eigenvalue weighted by Gasteiger charge is 2.30. The second kappa shape index (κ2) is 7.51. The predicted molar refractivity (Wildman–Crippen MR) is 92.7 cm³/mol. The Morgan fingerprint density at radius 1 is 1.38 bits per heavy atom. The van der Waals surface area contributed by atoms with E-state index in [0.29, 0.717) is 0 Å².